The van der Waals surface area contributed by atoms with Gasteiger partial charge in [0.15, 0.2) is 0 Å². The first-order chi connectivity index (χ1) is 11.2. The monoisotopic (exact) mass is 347 g/mol. The summed E-state index contributed by atoms with van der Waals surface area (Å²) in [4.78, 5) is 14.7. The molecule has 1 aliphatic rings. The second kappa shape index (κ2) is 6.85. The average molecular weight is 348 g/mol. The normalized spacial score (nSPS) is 20.8. The van der Waals surface area contributed by atoms with Gasteiger partial charge in [-0.3, -0.25) is 9.69 Å². The van der Waals surface area contributed by atoms with Crippen LogP contribution in [0.2, 0.25) is 5.02 Å². The highest BCUT2D eigenvalue weighted by Gasteiger charge is 2.41. The molecule has 2 aromatic carbocycles. The highest BCUT2D eigenvalue weighted by atomic mass is 35.5. The third kappa shape index (κ3) is 3.06. The summed E-state index contributed by atoms with van der Waals surface area (Å²) in [5.74, 6) is 0.833. The van der Waals surface area contributed by atoms with E-state index in [-0.39, 0.29) is 16.5 Å². The first kappa shape index (κ1) is 16.2. The van der Waals surface area contributed by atoms with E-state index in [0.29, 0.717) is 10.8 Å². The molecular weight excluding hydrogens is 330 g/mol. The number of amides is 1. The summed E-state index contributed by atoms with van der Waals surface area (Å²) in [6.45, 7) is 2.04. The van der Waals surface area contributed by atoms with E-state index in [1.54, 1.807) is 18.9 Å². The van der Waals surface area contributed by atoms with Gasteiger partial charge in [0.1, 0.15) is 11.1 Å². The zero-order valence-electron chi connectivity index (χ0n) is 13.0. The summed E-state index contributed by atoms with van der Waals surface area (Å²) in [6, 6.07) is 15.3. The van der Waals surface area contributed by atoms with Gasteiger partial charge in [0.05, 0.1) is 18.0 Å². The van der Waals surface area contributed by atoms with Crippen LogP contribution in [0.1, 0.15) is 24.3 Å². The van der Waals surface area contributed by atoms with Gasteiger partial charge in [0.25, 0.3) is 0 Å². The van der Waals surface area contributed by atoms with Crippen LogP contribution in [-0.4, -0.2) is 18.3 Å². The summed E-state index contributed by atoms with van der Waals surface area (Å²) < 4.78 is 5.45. The molecule has 0 saturated carbocycles. The SMILES string of the molecule is CCC1SC(c2ccc(Cl)cc2)N(c2ccccc2OC)C1=O. The molecule has 3 rings (SSSR count). The predicted molar refractivity (Wildman–Crippen MR) is 96.3 cm³/mol. The van der Waals surface area contributed by atoms with Crippen LogP contribution in [0, 0.1) is 0 Å². The van der Waals surface area contributed by atoms with Gasteiger partial charge in [-0.05, 0) is 36.2 Å². The summed E-state index contributed by atoms with van der Waals surface area (Å²) in [7, 11) is 1.63. The Balaban J connectivity index is 2.06. The summed E-state index contributed by atoms with van der Waals surface area (Å²) in [5.41, 5.74) is 1.87. The Morgan fingerprint density at radius 1 is 1.17 bits per heavy atom. The highest BCUT2D eigenvalue weighted by Crippen LogP contribution is 2.48. The lowest BCUT2D eigenvalue weighted by atomic mass is 10.1. The first-order valence-electron chi connectivity index (χ1n) is 7.52. The molecule has 5 heteroatoms. The molecule has 120 valence electrons. The van der Waals surface area contributed by atoms with Crippen LogP contribution in [0.3, 0.4) is 0 Å². The molecule has 2 atom stereocenters. The van der Waals surface area contributed by atoms with E-state index in [2.05, 4.69) is 0 Å². The number of hydrogen-bond acceptors (Lipinski definition) is 3. The van der Waals surface area contributed by atoms with Crippen LogP contribution in [-0.2, 0) is 4.79 Å². The fourth-order valence-electron chi connectivity index (χ4n) is 2.75. The van der Waals surface area contributed by atoms with Crippen LogP contribution >= 0.6 is 23.4 Å². The van der Waals surface area contributed by atoms with Crippen LogP contribution in [0.15, 0.2) is 48.5 Å². The Hall–Kier alpha value is -1.65. The number of ether oxygens (including phenoxy) is 1. The van der Waals surface area contributed by atoms with Gasteiger partial charge in [-0.15, -0.1) is 11.8 Å². The van der Waals surface area contributed by atoms with E-state index < -0.39 is 0 Å². The molecule has 3 nitrogen and oxygen atoms in total. The van der Waals surface area contributed by atoms with Crippen molar-refractivity contribution in [2.24, 2.45) is 0 Å². The number of nitrogens with zero attached hydrogens (tertiary/aromatic N) is 1. The van der Waals surface area contributed by atoms with Crippen LogP contribution in [0.25, 0.3) is 0 Å². The third-order valence-corrected chi connectivity index (χ3v) is 5.77. The van der Waals surface area contributed by atoms with Crippen molar-refractivity contribution in [2.75, 3.05) is 12.0 Å². The molecule has 0 spiro atoms. The summed E-state index contributed by atoms with van der Waals surface area (Å²) in [6.07, 6.45) is 0.805. The number of thioether (sulfide) groups is 1. The molecule has 2 aromatic rings. The van der Waals surface area contributed by atoms with Crippen molar-refractivity contribution in [1.29, 1.82) is 0 Å². The molecule has 0 aliphatic carbocycles. The molecule has 23 heavy (non-hydrogen) atoms. The number of para-hydroxylation sites is 2. The lowest BCUT2D eigenvalue weighted by Gasteiger charge is -2.25. The van der Waals surface area contributed by atoms with Crippen molar-refractivity contribution in [2.45, 2.75) is 24.0 Å². The molecule has 1 amide bonds. The number of anilines is 1. The van der Waals surface area contributed by atoms with E-state index in [1.807, 2.05) is 60.4 Å². The second-order valence-electron chi connectivity index (χ2n) is 5.32. The van der Waals surface area contributed by atoms with E-state index in [9.17, 15) is 4.79 Å². The Morgan fingerprint density at radius 3 is 2.52 bits per heavy atom. The minimum atomic E-state index is -0.0685. The Morgan fingerprint density at radius 2 is 1.87 bits per heavy atom. The van der Waals surface area contributed by atoms with E-state index in [4.69, 9.17) is 16.3 Å². The van der Waals surface area contributed by atoms with Crippen molar-refractivity contribution >= 4 is 35.0 Å². The molecule has 0 radical (unpaired) electrons. The van der Waals surface area contributed by atoms with Gasteiger partial charge in [-0.2, -0.15) is 0 Å². The predicted octanol–water partition coefficient (Wildman–Crippen LogP) is 4.91. The molecule has 0 bridgehead atoms. The van der Waals surface area contributed by atoms with Gasteiger partial charge in [-0.1, -0.05) is 42.8 Å². The fraction of sp³-hybridized carbons (Fsp3) is 0.278. The van der Waals surface area contributed by atoms with Crippen molar-refractivity contribution < 1.29 is 9.53 Å². The second-order valence-corrected chi connectivity index (χ2v) is 7.04. The van der Waals surface area contributed by atoms with E-state index >= 15 is 0 Å². The van der Waals surface area contributed by atoms with Gasteiger partial charge < -0.3 is 4.74 Å². The number of benzene rings is 2. The Bertz CT molecular complexity index is 704. The lowest BCUT2D eigenvalue weighted by Crippen LogP contribution is -2.31. The Kier molecular flexibility index (Phi) is 4.83. The van der Waals surface area contributed by atoms with Crippen molar-refractivity contribution in [3.63, 3.8) is 0 Å². The minimum absolute atomic E-state index is 0.0411. The molecule has 1 aliphatic heterocycles. The zero-order valence-corrected chi connectivity index (χ0v) is 14.6. The summed E-state index contributed by atoms with van der Waals surface area (Å²) in [5, 5.41) is 0.584. The first-order valence-corrected chi connectivity index (χ1v) is 8.84. The largest absolute Gasteiger partial charge is 0.495 e. The maximum atomic E-state index is 12.9. The highest BCUT2D eigenvalue weighted by molar-refractivity contribution is 8.01. The standard InChI is InChI=1S/C18H18ClNO2S/c1-3-16-17(21)20(14-6-4-5-7-15(14)22-2)18(23-16)12-8-10-13(19)11-9-12/h4-11,16,18H,3H2,1-2H3. The van der Waals surface area contributed by atoms with Crippen LogP contribution in [0.4, 0.5) is 5.69 Å². The number of rotatable bonds is 4. The number of carbonyl (C=O) groups excluding carboxylic acids is 1. The number of hydrogen-bond donors (Lipinski definition) is 0. The van der Waals surface area contributed by atoms with Gasteiger partial charge in [0.2, 0.25) is 5.91 Å². The Labute approximate surface area is 145 Å². The lowest BCUT2D eigenvalue weighted by molar-refractivity contribution is -0.117. The maximum Gasteiger partial charge on any atom is 0.241 e. The van der Waals surface area contributed by atoms with Gasteiger partial charge >= 0.3 is 0 Å². The van der Waals surface area contributed by atoms with Crippen LogP contribution < -0.4 is 9.64 Å². The molecule has 1 saturated heterocycles. The van der Waals surface area contributed by atoms with Gasteiger partial charge in [0, 0.05) is 5.02 Å². The number of carbonyl (C=O) groups is 1. The average Bonchev–Trinajstić information content (AvgIpc) is 2.92. The molecule has 0 aromatic heterocycles. The third-order valence-electron chi connectivity index (χ3n) is 3.91. The fourth-order valence-corrected chi connectivity index (χ4v) is 4.26. The van der Waals surface area contributed by atoms with Crippen molar-refractivity contribution in [3.05, 3.63) is 59.1 Å². The molecule has 2 unspecified atom stereocenters. The van der Waals surface area contributed by atoms with Crippen LogP contribution in [0.5, 0.6) is 5.75 Å². The molecular formula is C18H18ClNO2S. The zero-order chi connectivity index (χ0) is 16.4. The van der Waals surface area contributed by atoms with E-state index in [0.717, 1.165) is 17.7 Å². The molecule has 1 fully saturated rings. The summed E-state index contributed by atoms with van der Waals surface area (Å²) >= 11 is 7.67. The van der Waals surface area contributed by atoms with Crippen molar-refractivity contribution in [1.82, 2.24) is 0 Å². The number of methoxy groups -OCH3 is 1. The minimum Gasteiger partial charge on any atom is -0.495 e. The van der Waals surface area contributed by atoms with Gasteiger partial charge in [-0.25, -0.2) is 0 Å². The quantitative estimate of drug-likeness (QED) is 0.787. The number of halogens is 1. The maximum absolute atomic E-state index is 12.9. The smallest absolute Gasteiger partial charge is 0.241 e. The molecule has 1 heterocycles. The molecule has 0 N–H and O–H groups in total. The topological polar surface area (TPSA) is 29.5 Å². The van der Waals surface area contributed by atoms with Crippen molar-refractivity contribution in [3.8, 4) is 5.75 Å². The van der Waals surface area contributed by atoms with E-state index in [1.165, 1.54) is 0 Å².